The average molecular weight is 668 g/mol. The minimum Gasteiger partial charge on any atom is -0.496 e. The third-order valence-corrected chi connectivity index (χ3v) is 11.1. The number of hydrogen-bond donors (Lipinski definition) is 1. The molecule has 3 aromatic rings. The molecule has 0 saturated heterocycles. The van der Waals surface area contributed by atoms with E-state index in [0.29, 0.717) is 29.0 Å². The Morgan fingerprint density at radius 3 is 2.49 bits per heavy atom. The Labute approximate surface area is 264 Å². The van der Waals surface area contributed by atoms with E-state index in [1.807, 2.05) is 0 Å². The minimum absolute atomic E-state index is 0.110. The molecule has 4 rings (SSSR count). The molecular weight excluding hydrogens is 631 g/mol. The predicted octanol–water partition coefficient (Wildman–Crippen LogP) is 6.75. The summed E-state index contributed by atoms with van der Waals surface area (Å²) >= 11 is 1.32. The van der Waals surface area contributed by atoms with Crippen LogP contribution in [0.15, 0.2) is 35.5 Å². The smallest absolute Gasteiger partial charge is 0.433 e. The molecule has 0 bridgehead atoms. The van der Waals surface area contributed by atoms with Crippen molar-refractivity contribution in [3.05, 3.63) is 52.0 Å². The molecule has 1 atom stereocenters. The van der Waals surface area contributed by atoms with E-state index in [1.54, 1.807) is 12.1 Å². The van der Waals surface area contributed by atoms with Crippen molar-refractivity contribution in [3.63, 3.8) is 0 Å². The van der Waals surface area contributed by atoms with Crippen molar-refractivity contribution in [2.75, 3.05) is 25.3 Å². The maximum atomic E-state index is 13.7. The summed E-state index contributed by atoms with van der Waals surface area (Å²) in [5, 5.41) is 2.09. The first-order valence-electron chi connectivity index (χ1n) is 14.5. The van der Waals surface area contributed by atoms with Gasteiger partial charge < -0.3 is 14.8 Å². The molecule has 45 heavy (non-hydrogen) atoms. The maximum absolute atomic E-state index is 13.7. The lowest BCUT2D eigenvalue weighted by atomic mass is 9.69. The topological polar surface area (TPSA) is 125 Å². The van der Waals surface area contributed by atoms with Crippen LogP contribution in [0, 0.1) is 11.3 Å². The molecule has 2 aromatic heterocycles. The normalized spacial score (nSPS) is 15.3. The van der Waals surface area contributed by atoms with Crippen LogP contribution >= 0.6 is 11.3 Å². The number of halogens is 3. The van der Waals surface area contributed by atoms with Gasteiger partial charge in [0, 0.05) is 16.9 Å². The Balaban J connectivity index is 1.51. The van der Waals surface area contributed by atoms with E-state index < -0.39 is 44.5 Å². The third-order valence-electron chi connectivity index (χ3n) is 8.40. The Hall–Kier alpha value is -3.52. The van der Waals surface area contributed by atoms with E-state index in [-0.39, 0.29) is 35.3 Å². The van der Waals surface area contributed by atoms with Gasteiger partial charge in [-0.2, -0.15) is 13.2 Å². The molecule has 9 nitrogen and oxygen atoms in total. The van der Waals surface area contributed by atoms with Gasteiger partial charge in [-0.05, 0) is 60.8 Å². The van der Waals surface area contributed by atoms with Crippen molar-refractivity contribution in [3.8, 4) is 17.0 Å². The van der Waals surface area contributed by atoms with Gasteiger partial charge >= 0.3 is 12.1 Å². The number of nitrogens with one attached hydrogen (secondary N) is 1. The van der Waals surface area contributed by atoms with E-state index in [1.165, 1.54) is 37.7 Å². The highest BCUT2D eigenvalue weighted by Crippen LogP contribution is 2.45. The number of benzene rings is 1. The number of nitrogens with zero attached hydrogens (tertiary/aromatic N) is 2. The number of amides is 1. The van der Waals surface area contributed by atoms with Crippen molar-refractivity contribution in [1.29, 1.82) is 0 Å². The standard InChI is InChI=1S/C31H36F3N3O6S2/c1-6-30(2,3)18-13-14-20-23(16-18)44-27(26(20)28(39)43-5)37-25(38)12-9-15-45(40,41)29-35-21(17-24(36-29)31(32,33)34)19-10-7-8-11-22(19)42-4/h7-8,10-11,17-18H,6,9,12-16H2,1-5H3,(H,37,38)/t18-/m1/s1. The SMILES string of the molecule is CCC(C)(C)[C@@H]1CCc2c(sc(NC(=O)CCCS(=O)(=O)c3nc(-c4ccccc4OC)cc(C(F)(F)F)n3)c2C(=O)OC)C1. The molecule has 0 spiro atoms. The zero-order valence-corrected chi connectivity index (χ0v) is 27.3. The van der Waals surface area contributed by atoms with Gasteiger partial charge in [0.25, 0.3) is 0 Å². The van der Waals surface area contributed by atoms with Crippen LogP contribution in [-0.2, 0) is 38.4 Å². The van der Waals surface area contributed by atoms with Crippen LogP contribution in [0.1, 0.15) is 72.9 Å². The van der Waals surface area contributed by atoms with Crippen LogP contribution in [0.3, 0.4) is 0 Å². The Morgan fingerprint density at radius 1 is 1.13 bits per heavy atom. The third kappa shape index (κ3) is 7.66. The first-order chi connectivity index (χ1) is 21.1. The molecule has 14 heteroatoms. The molecule has 1 amide bonds. The zero-order chi connectivity index (χ0) is 33.2. The van der Waals surface area contributed by atoms with Gasteiger partial charge in [0.15, 0.2) is 0 Å². The molecule has 0 radical (unpaired) electrons. The summed E-state index contributed by atoms with van der Waals surface area (Å²) in [6.45, 7) is 6.59. The number of rotatable bonds is 11. The lowest BCUT2D eigenvalue weighted by Gasteiger charge is -2.36. The van der Waals surface area contributed by atoms with Gasteiger partial charge in [-0.3, -0.25) is 4.79 Å². The van der Waals surface area contributed by atoms with Crippen molar-refractivity contribution in [2.45, 2.75) is 70.6 Å². The Bertz CT molecular complexity index is 1690. The van der Waals surface area contributed by atoms with Crippen LogP contribution in [0.25, 0.3) is 11.3 Å². The summed E-state index contributed by atoms with van der Waals surface area (Å²) in [6, 6.07) is 6.80. The van der Waals surface area contributed by atoms with Gasteiger partial charge in [-0.25, -0.2) is 23.2 Å². The summed E-state index contributed by atoms with van der Waals surface area (Å²) < 4.78 is 77.5. The summed E-state index contributed by atoms with van der Waals surface area (Å²) in [5.74, 6) is -1.17. The summed E-state index contributed by atoms with van der Waals surface area (Å²) in [4.78, 5) is 33.9. The number of aromatic nitrogens is 2. The summed E-state index contributed by atoms with van der Waals surface area (Å²) in [6.07, 6.45) is -2.08. The minimum atomic E-state index is -4.94. The number of fused-ring (bicyclic) bond motifs is 1. The molecule has 1 N–H and O–H groups in total. The number of carbonyl (C=O) groups excluding carboxylic acids is 2. The largest absolute Gasteiger partial charge is 0.496 e. The highest BCUT2D eigenvalue weighted by Gasteiger charge is 2.37. The van der Waals surface area contributed by atoms with Crippen LogP contribution in [0.2, 0.25) is 0 Å². The number of thiophene rings is 1. The monoisotopic (exact) mass is 667 g/mol. The van der Waals surface area contributed by atoms with Crippen LogP contribution in [0.5, 0.6) is 5.75 Å². The van der Waals surface area contributed by atoms with Crippen molar-refractivity contribution in [1.82, 2.24) is 9.97 Å². The van der Waals surface area contributed by atoms with E-state index in [2.05, 4.69) is 36.1 Å². The number of ether oxygens (including phenoxy) is 2. The van der Waals surface area contributed by atoms with Crippen molar-refractivity contribution >= 4 is 38.1 Å². The van der Waals surface area contributed by atoms with Crippen molar-refractivity contribution in [2.24, 2.45) is 11.3 Å². The molecule has 0 saturated carbocycles. The van der Waals surface area contributed by atoms with E-state index in [9.17, 15) is 31.2 Å². The lowest BCUT2D eigenvalue weighted by molar-refractivity contribution is -0.141. The van der Waals surface area contributed by atoms with E-state index in [4.69, 9.17) is 9.47 Å². The number of alkyl halides is 3. The van der Waals surface area contributed by atoms with E-state index in [0.717, 1.165) is 29.7 Å². The second kappa shape index (κ2) is 13.5. The molecule has 2 heterocycles. The lowest BCUT2D eigenvalue weighted by Crippen LogP contribution is -2.28. The van der Waals surface area contributed by atoms with Crippen molar-refractivity contribution < 1.29 is 40.7 Å². The highest BCUT2D eigenvalue weighted by molar-refractivity contribution is 7.91. The van der Waals surface area contributed by atoms with Crippen LogP contribution in [-0.4, -0.2) is 50.2 Å². The van der Waals surface area contributed by atoms with E-state index >= 15 is 0 Å². The second-order valence-corrected chi connectivity index (χ2v) is 14.7. The Kier molecular flexibility index (Phi) is 10.3. The van der Waals surface area contributed by atoms with Gasteiger partial charge in [-0.15, -0.1) is 11.3 Å². The number of esters is 1. The number of hydrogen-bond acceptors (Lipinski definition) is 9. The average Bonchev–Trinajstić information content (AvgIpc) is 3.36. The fraction of sp³-hybridized carbons (Fsp3) is 0.484. The number of methoxy groups -OCH3 is 2. The predicted molar refractivity (Wildman–Crippen MR) is 164 cm³/mol. The fourth-order valence-corrected chi connectivity index (χ4v) is 7.87. The zero-order valence-electron chi connectivity index (χ0n) is 25.7. The molecule has 1 aliphatic rings. The Morgan fingerprint density at radius 2 is 1.84 bits per heavy atom. The molecule has 0 fully saturated rings. The summed E-state index contributed by atoms with van der Waals surface area (Å²) in [7, 11) is -1.83. The number of para-hydroxylation sites is 1. The molecule has 1 aromatic carbocycles. The fourth-order valence-electron chi connectivity index (χ4n) is 5.35. The maximum Gasteiger partial charge on any atom is 0.433 e. The second-order valence-electron chi connectivity index (χ2n) is 11.6. The van der Waals surface area contributed by atoms with Gasteiger partial charge in [0.05, 0.1) is 31.2 Å². The quantitative estimate of drug-likeness (QED) is 0.176. The molecule has 244 valence electrons. The number of sulfone groups is 1. The molecule has 1 aliphatic carbocycles. The molecular formula is C31H36F3N3O6S2. The van der Waals surface area contributed by atoms with Gasteiger partial charge in [0.1, 0.15) is 16.4 Å². The van der Waals surface area contributed by atoms with Gasteiger partial charge in [-0.1, -0.05) is 39.3 Å². The first-order valence-corrected chi connectivity index (χ1v) is 16.9. The van der Waals surface area contributed by atoms with Gasteiger partial charge in [0.2, 0.25) is 20.9 Å². The number of carbonyl (C=O) groups is 2. The highest BCUT2D eigenvalue weighted by atomic mass is 32.2. The summed E-state index contributed by atoms with van der Waals surface area (Å²) in [5.41, 5.74) is -0.246. The number of anilines is 1. The molecule has 0 aliphatic heterocycles. The van der Waals surface area contributed by atoms with Crippen LogP contribution < -0.4 is 10.1 Å². The molecule has 0 unspecified atom stereocenters. The van der Waals surface area contributed by atoms with Crippen LogP contribution in [0.4, 0.5) is 18.2 Å². The first kappa shape index (κ1) is 34.4.